The average molecular weight is 309 g/mol. The highest BCUT2D eigenvalue weighted by atomic mass is 19.2. The summed E-state index contributed by atoms with van der Waals surface area (Å²) in [7, 11) is 0. The molecule has 2 rings (SSSR count). The second kappa shape index (κ2) is 8.31. The number of ether oxygens (including phenoxy) is 1. The second-order valence-electron chi connectivity index (χ2n) is 4.62. The summed E-state index contributed by atoms with van der Waals surface area (Å²) in [6, 6.07) is 6.87. The Morgan fingerprint density at radius 2 is 2.14 bits per heavy atom. The van der Waals surface area contributed by atoms with Crippen molar-refractivity contribution in [1.29, 1.82) is 0 Å². The zero-order valence-corrected chi connectivity index (χ0v) is 11.8. The van der Waals surface area contributed by atoms with E-state index in [1.54, 1.807) is 12.3 Å². The number of furan rings is 1. The number of hydrogen-bond acceptors (Lipinski definition) is 4. The highest BCUT2D eigenvalue weighted by Gasteiger charge is 2.07. The molecule has 0 fully saturated rings. The number of nitrogens with one attached hydrogen (secondary N) is 1. The average Bonchev–Trinajstić information content (AvgIpc) is 3.01. The van der Waals surface area contributed by atoms with Gasteiger partial charge >= 0.3 is 0 Å². The van der Waals surface area contributed by atoms with Crippen LogP contribution in [0.1, 0.15) is 5.76 Å². The Kier molecular flexibility index (Phi) is 6.12. The number of halogens is 2. The second-order valence-corrected chi connectivity index (χ2v) is 4.62. The number of hydrogen-bond donors (Lipinski definition) is 2. The van der Waals surface area contributed by atoms with Gasteiger partial charge in [-0.1, -0.05) is 6.08 Å². The maximum Gasteiger partial charge on any atom is 0.162 e. The maximum atomic E-state index is 13.0. The van der Waals surface area contributed by atoms with Crippen LogP contribution in [0.4, 0.5) is 8.78 Å². The lowest BCUT2D eigenvalue weighted by Gasteiger charge is -2.12. The SMILES string of the molecule is OC(CNC/C=C/c1ccco1)COc1ccc(F)c(F)c1. The Morgan fingerprint density at radius 1 is 1.27 bits per heavy atom. The zero-order valence-electron chi connectivity index (χ0n) is 11.8. The van der Waals surface area contributed by atoms with E-state index >= 15 is 0 Å². The van der Waals surface area contributed by atoms with Gasteiger partial charge < -0.3 is 19.6 Å². The first-order valence-corrected chi connectivity index (χ1v) is 6.82. The predicted molar refractivity (Wildman–Crippen MR) is 78.5 cm³/mol. The van der Waals surface area contributed by atoms with Gasteiger partial charge in [0.1, 0.15) is 24.2 Å². The molecule has 1 aromatic heterocycles. The number of benzene rings is 1. The van der Waals surface area contributed by atoms with Crippen LogP contribution in [0.2, 0.25) is 0 Å². The Bertz CT molecular complexity index is 599. The molecular weight excluding hydrogens is 292 g/mol. The molecule has 2 aromatic rings. The first-order valence-electron chi connectivity index (χ1n) is 6.82. The van der Waals surface area contributed by atoms with Gasteiger partial charge in [0.05, 0.1) is 6.26 Å². The van der Waals surface area contributed by atoms with Gasteiger partial charge in [0.2, 0.25) is 0 Å². The molecule has 0 amide bonds. The Hall–Kier alpha value is -2.18. The molecule has 1 aromatic carbocycles. The van der Waals surface area contributed by atoms with Crippen LogP contribution in [0.5, 0.6) is 5.75 Å². The fourth-order valence-corrected chi connectivity index (χ4v) is 1.71. The van der Waals surface area contributed by atoms with Gasteiger partial charge in [0.25, 0.3) is 0 Å². The Labute approximate surface area is 127 Å². The van der Waals surface area contributed by atoms with Crippen LogP contribution in [0.3, 0.4) is 0 Å². The molecule has 0 saturated heterocycles. The van der Waals surface area contributed by atoms with E-state index in [-0.39, 0.29) is 12.4 Å². The first-order chi connectivity index (χ1) is 10.6. The third-order valence-corrected chi connectivity index (χ3v) is 2.80. The van der Waals surface area contributed by atoms with E-state index in [1.165, 1.54) is 6.07 Å². The smallest absolute Gasteiger partial charge is 0.162 e. The van der Waals surface area contributed by atoms with Crippen LogP contribution in [0, 0.1) is 11.6 Å². The van der Waals surface area contributed by atoms with Gasteiger partial charge in [0, 0.05) is 19.2 Å². The summed E-state index contributed by atoms with van der Waals surface area (Å²) in [5, 5.41) is 12.7. The monoisotopic (exact) mass is 309 g/mol. The van der Waals surface area contributed by atoms with Gasteiger partial charge in [-0.25, -0.2) is 8.78 Å². The van der Waals surface area contributed by atoms with Crippen LogP contribution in [-0.2, 0) is 0 Å². The van der Waals surface area contributed by atoms with Crippen molar-refractivity contribution in [3.8, 4) is 5.75 Å². The van der Waals surface area contributed by atoms with Crippen LogP contribution in [0.25, 0.3) is 6.08 Å². The van der Waals surface area contributed by atoms with E-state index in [0.717, 1.165) is 17.9 Å². The topological polar surface area (TPSA) is 54.6 Å². The van der Waals surface area contributed by atoms with Crippen molar-refractivity contribution in [3.05, 3.63) is 60.1 Å². The summed E-state index contributed by atoms with van der Waals surface area (Å²) in [4.78, 5) is 0. The molecule has 0 radical (unpaired) electrons. The van der Waals surface area contributed by atoms with E-state index in [4.69, 9.17) is 9.15 Å². The molecule has 1 heterocycles. The molecular formula is C16H17F2NO3. The van der Waals surface area contributed by atoms with Crippen LogP contribution >= 0.6 is 0 Å². The summed E-state index contributed by atoms with van der Waals surface area (Å²) in [5.41, 5.74) is 0. The first kappa shape index (κ1) is 16.2. The molecule has 1 atom stereocenters. The van der Waals surface area contributed by atoms with Crippen LogP contribution < -0.4 is 10.1 Å². The van der Waals surface area contributed by atoms with Crippen LogP contribution in [0.15, 0.2) is 47.1 Å². The molecule has 0 aliphatic rings. The van der Waals surface area contributed by atoms with E-state index in [1.807, 2.05) is 18.2 Å². The third kappa shape index (κ3) is 5.31. The van der Waals surface area contributed by atoms with Gasteiger partial charge in [-0.15, -0.1) is 0 Å². The largest absolute Gasteiger partial charge is 0.491 e. The van der Waals surface area contributed by atoms with E-state index in [0.29, 0.717) is 13.1 Å². The quantitative estimate of drug-likeness (QED) is 0.736. The molecule has 118 valence electrons. The summed E-state index contributed by atoms with van der Waals surface area (Å²) in [5.74, 6) is -0.981. The lowest BCUT2D eigenvalue weighted by Crippen LogP contribution is -2.31. The molecule has 0 spiro atoms. The Balaban J connectivity index is 1.63. The van der Waals surface area contributed by atoms with Crippen molar-refractivity contribution < 1.29 is 23.0 Å². The lowest BCUT2D eigenvalue weighted by molar-refractivity contribution is 0.107. The van der Waals surface area contributed by atoms with Crippen molar-refractivity contribution in [2.75, 3.05) is 19.7 Å². The van der Waals surface area contributed by atoms with Crippen LogP contribution in [-0.4, -0.2) is 30.9 Å². The molecule has 6 heteroatoms. The molecule has 0 bridgehead atoms. The lowest BCUT2D eigenvalue weighted by atomic mass is 10.3. The molecule has 0 saturated carbocycles. The fraction of sp³-hybridized carbons (Fsp3) is 0.250. The molecule has 1 unspecified atom stereocenters. The maximum absolute atomic E-state index is 13.0. The molecule has 22 heavy (non-hydrogen) atoms. The highest BCUT2D eigenvalue weighted by molar-refractivity contribution is 5.42. The van der Waals surface area contributed by atoms with Crippen molar-refractivity contribution in [2.45, 2.75) is 6.10 Å². The number of aliphatic hydroxyl groups is 1. The van der Waals surface area contributed by atoms with Gasteiger partial charge in [-0.3, -0.25) is 0 Å². The van der Waals surface area contributed by atoms with Gasteiger partial charge in [-0.05, 0) is 30.3 Å². The van der Waals surface area contributed by atoms with Gasteiger partial charge in [0.15, 0.2) is 11.6 Å². The fourth-order valence-electron chi connectivity index (χ4n) is 1.71. The number of rotatable bonds is 8. The van der Waals surface area contributed by atoms with E-state index < -0.39 is 17.7 Å². The minimum Gasteiger partial charge on any atom is -0.491 e. The third-order valence-electron chi connectivity index (χ3n) is 2.80. The summed E-state index contributed by atoms with van der Waals surface area (Å²) in [6.07, 6.45) is 4.51. The molecule has 4 nitrogen and oxygen atoms in total. The summed E-state index contributed by atoms with van der Waals surface area (Å²) >= 11 is 0. The van der Waals surface area contributed by atoms with Gasteiger partial charge in [-0.2, -0.15) is 0 Å². The summed E-state index contributed by atoms with van der Waals surface area (Å²) in [6.45, 7) is 0.856. The molecule has 2 N–H and O–H groups in total. The van der Waals surface area contributed by atoms with Crippen molar-refractivity contribution in [2.24, 2.45) is 0 Å². The highest BCUT2D eigenvalue weighted by Crippen LogP contribution is 2.15. The van der Waals surface area contributed by atoms with Crippen molar-refractivity contribution in [3.63, 3.8) is 0 Å². The molecule has 0 aliphatic heterocycles. The minimum absolute atomic E-state index is 0.0139. The summed E-state index contributed by atoms with van der Waals surface area (Å²) < 4.78 is 36.0. The zero-order chi connectivity index (χ0) is 15.8. The standard InChI is InChI=1S/C16H17F2NO3/c17-15-6-5-14(9-16(15)18)22-11-12(20)10-19-7-1-3-13-4-2-8-21-13/h1-6,8-9,12,19-20H,7,10-11H2/b3-1+. The van der Waals surface area contributed by atoms with E-state index in [2.05, 4.69) is 5.32 Å². The van der Waals surface area contributed by atoms with E-state index in [9.17, 15) is 13.9 Å². The minimum atomic E-state index is -0.979. The normalized spacial score (nSPS) is 12.7. The predicted octanol–water partition coefficient (Wildman–Crippen LogP) is 2.60. The Morgan fingerprint density at radius 3 is 2.86 bits per heavy atom. The molecule has 0 aliphatic carbocycles. The van der Waals surface area contributed by atoms with Crippen molar-refractivity contribution >= 4 is 6.08 Å². The van der Waals surface area contributed by atoms with Crippen molar-refractivity contribution in [1.82, 2.24) is 5.32 Å². The number of aliphatic hydroxyl groups excluding tert-OH is 1.